The van der Waals surface area contributed by atoms with Crippen LogP contribution in [0.5, 0.6) is 5.75 Å². The summed E-state index contributed by atoms with van der Waals surface area (Å²) < 4.78 is 32.0. The highest BCUT2D eigenvalue weighted by atomic mass is 32.2. The number of aryl methyl sites for hydroxylation is 1. The number of hydrogen-bond acceptors (Lipinski definition) is 4. The Labute approximate surface area is 148 Å². The molecule has 2 N–H and O–H groups in total. The molecule has 0 aromatic heterocycles. The highest BCUT2D eigenvalue weighted by molar-refractivity contribution is 7.89. The van der Waals surface area contributed by atoms with Gasteiger partial charge < -0.3 is 10.1 Å². The number of hydrogen-bond donors (Lipinski definition) is 2. The molecule has 134 valence electrons. The molecule has 0 saturated carbocycles. The van der Waals surface area contributed by atoms with Gasteiger partial charge in [-0.15, -0.1) is 0 Å². The molecule has 0 fully saturated rings. The molecule has 0 heterocycles. The van der Waals surface area contributed by atoms with Crippen molar-refractivity contribution in [1.82, 2.24) is 10.0 Å². The number of carbonyl (C=O) groups excluding carboxylic acids is 1. The fraction of sp³-hybridized carbons (Fsp3) is 0.278. The minimum absolute atomic E-state index is 0.159. The summed E-state index contributed by atoms with van der Waals surface area (Å²) in [6.07, 6.45) is 0. The molecule has 0 atom stereocenters. The number of carbonyl (C=O) groups is 1. The van der Waals surface area contributed by atoms with Crippen molar-refractivity contribution in [2.45, 2.75) is 18.7 Å². The van der Waals surface area contributed by atoms with Crippen LogP contribution in [0.15, 0.2) is 53.4 Å². The zero-order valence-electron chi connectivity index (χ0n) is 14.3. The van der Waals surface area contributed by atoms with Gasteiger partial charge in [-0.1, -0.05) is 25.1 Å². The molecule has 0 aliphatic rings. The second-order valence-corrected chi connectivity index (χ2v) is 7.17. The normalized spacial score (nSPS) is 11.1. The van der Waals surface area contributed by atoms with Crippen LogP contribution in [0.3, 0.4) is 0 Å². The lowest BCUT2D eigenvalue weighted by molar-refractivity contribution is 0.0947. The Morgan fingerprint density at radius 3 is 2.48 bits per heavy atom. The first kappa shape index (κ1) is 19.0. The summed E-state index contributed by atoms with van der Waals surface area (Å²) in [4.78, 5) is 12.1. The van der Waals surface area contributed by atoms with Crippen LogP contribution in [-0.2, 0) is 10.0 Å². The van der Waals surface area contributed by atoms with Crippen LogP contribution in [0, 0.1) is 6.92 Å². The van der Waals surface area contributed by atoms with Gasteiger partial charge in [0.15, 0.2) is 0 Å². The van der Waals surface area contributed by atoms with Crippen molar-refractivity contribution in [3.8, 4) is 5.75 Å². The molecule has 0 radical (unpaired) electrons. The van der Waals surface area contributed by atoms with Gasteiger partial charge in [0.25, 0.3) is 5.91 Å². The second-order valence-electron chi connectivity index (χ2n) is 5.40. The Morgan fingerprint density at radius 2 is 1.84 bits per heavy atom. The Kier molecular flexibility index (Phi) is 6.55. The van der Waals surface area contributed by atoms with Crippen LogP contribution in [0.25, 0.3) is 0 Å². The smallest absolute Gasteiger partial charge is 0.251 e. The molecule has 7 heteroatoms. The summed E-state index contributed by atoms with van der Waals surface area (Å²) in [5.74, 6) is 0.428. The fourth-order valence-electron chi connectivity index (χ4n) is 2.24. The van der Waals surface area contributed by atoms with E-state index in [1.165, 1.54) is 6.07 Å². The Balaban J connectivity index is 1.88. The summed E-state index contributed by atoms with van der Waals surface area (Å²) >= 11 is 0. The van der Waals surface area contributed by atoms with E-state index in [0.717, 1.165) is 0 Å². The van der Waals surface area contributed by atoms with E-state index in [1.807, 2.05) is 6.07 Å². The Bertz CT molecular complexity index is 820. The van der Waals surface area contributed by atoms with E-state index in [9.17, 15) is 13.2 Å². The molecule has 6 nitrogen and oxygen atoms in total. The quantitative estimate of drug-likeness (QED) is 0.705. The fourth-order valence-corrected chi connectivity index (χ4v) is 3.37. The van der Waals surface area contributed by atoms with Crippen molar-refractivity contribution < 1.29 is 17.9 Å². The molecule has 1 amide bonds. The van der Waals surface area contributed by atoms with E-state index in [4.69, 9.17) is 4.74 Å². The maximum atomic E-state index is 12.0. The van der Waals surface area contributed by atoms with Gasteiger partial charge in [0.05, 0.1) is 11.4 Å². The first-order valence-corrected chi connectivity index (χ1v) is 9.48. The minimum atomic E-state index is -3.48. The van der Waals surface area contributed by atoms with Crippen LogP contribution < -0.4 is 14.8 Å². The second kappa shape index (κ2) is 8.64. The van der Waals surface area contributed by atoms with Gasteiger partial charge in [-0.2, -0.15) is 0 Å². The first-order valence-electron chi connectivity index (χ1n) is 8.00. The largest absolute Gasteiger partial charge is 0.491 e. The lowest BCUT2D eigenvalue weighted by atomic mass is 10.2. The number of nitrogens with one attached hydrogen (secondary N) is 2. The van der Waals surface area contributed by atoms with Crippen LogP contribution in [0.4, 0.5) is 0 Å². The molecule has 0 bridgehead atoms. The molecule has 2 aromatic carbocycles. The van der Waals surface area contributed by atoms with Crippen molar-refractivity contribution in [3.63, 3.8) is 0 Å². The SMILES string of the molecule is CCNS(=O)(=O)c1ccc(OCCNC(=O)c2ccccc2)c(C)c1. The predicted molar refractivity (Wildman–Crippen MR) is 96.3 cm³/mol. The topological polar surface area (TPSA) is 84.5 Å². The van der Waals surface area contributed by atoms with Crippen molar-refractivity contribution in [2.75, 3.05) is 19.7 Å². The summed E-state index contributed by atoms with van der Waals surface area (Å²) in [6, 6.07) is 13.6. The maximum Gasteiger partial charge on any atom is 0.251 e. The van der Waals surface area contributed by atoms with Gasteiger partial charge in [-0.3, -0.25) is 4.79 Å². The van der Waals surface area contributed by atoms with Gasteiger partial charge in [-0.05, 0) is 42.8 Å². The van der Waals surface area contributed by atoms with Gasteiger partial charge in [0.2, 0.25) is 10.0 Å². The van der Waals surface area contributed by atoms with Gasteiger partial charge in [0.1, 0.15) is 12.4 Å². The molecule has 0 saturated heterocycles. The molecular weight excluding hydrogens is 340 g/mol. The number of amides is 1. The van der Waals surface area contributed by atoms with Crippen molar-refractivity contribution in [2.24, 2.45) is 0 Å². The zero-order valence-corrected chi connectivity index (χ0v) is 15.1. The van der Waals surface area contributed by atoms with Gasteiger partial charge in [-0.25, -0.2) is 13.1 Å². The molecule has 0 aliphatic heterocycles. The van der Waals surface area contributed by atoms with Crippen molar-refractivity contribution in [1.29, 1.82) is 0 Å². The number of rotatable bonds is 8. The highest BCUT2D eigenvalue weighted by Crippen LogP contribution is 2.21. The molecule has 0 spiro atoms. The van der Waals surface area contributed by atoms with E-state index < -0.39 is 10.0 Å². The van der Waals surface area contributed by atoms with E-state index >= 15 is 0 Å². The molecule has 0 aliphatic carbocycles. The highest BCUT2D eigenvalue weighted by Gasteiger charge is 2.14. The molecule has 0 unspecified atom stereocenters. The van der Waals surface area contributed by atoms with Crippen molar-refractivity contribution >= 4 is 15.9 Å². The number of ether oxygens (including phenoxy) is 1. The third kappa shape index (κ3) is 5.30. The van der Waals surface area contributed by atoms with E-state index in [0.29, 0.717) is 36.6 Å². The molecule has 25 heavy (non-hydrogen) atoms. The monoisotopic (exact) mass is 362 g/mol. The summed E-state index contributed by atoms with van der Waals surface area (Å²) in [5.41, 5.74) is 1.31. The van der Waals surface area contributed by atoms with E-state index in [1.54, 1.807) is 50.2 Å². The van der Waals surface area contributed by atoms with Gasteiger partial charge >= 0.3 is 0 Å². The minimum Gasteiger partial charge on any atom is -0.491 e. The number of sulfonamides is 1. The first-order chi connectivity index (χ1) is 11.9. The van der Waals surface area contributed by atoms with Crippen molar-refractivity contribution in [3.05, 3.63) is 59.7 Å². The lowest BCUT2D eigenvalue weighted by Crippen LogP contribution is -2.28. The average molecular weight is 362 g/mol. The summed E-state index contributed by atoms with van der Waals surface area (Å²) in [7, 11) is -3.48. The Morgan fingerprint density at radius 1 is 1.12 bits per heavy atom. The van der Waals surface area contributed by atoms with E-state index in [-0.39, 0.29) is 10.8 Å². The zero-order chi connectivity index (χ0) is 18.3. The maximum absolute atomic E-state index is 12.0. The molecule has 2 aromatic rings. The summed E-state index contributed by atoms with van der Waals surface area (Å²) in [5, 5.41) is 2.77. The van der Waals surface area contributed by atoms with Gasteiger partial charge in [0, 0.05) is 12.1 Å². The standard InChI is InChI=1S/C18H22N2O4S/c1-3-20-25(22,23)16-9-10-17(14(2)13-16)24-12-11-19-18(21)15-7-5-4-6-8-15/h4-10,13,20H,3,11-12H2,1-2H3,(H,19,21). The average Bonchev–Trinajstić information content (AvgIpc) is 2.60. The predicted octanol–water partition coefficient (Wildman–Crippen LogP) is 2.10. The lowest BCUT2D eigenvalue weighted by Gasteiger charge is -2.12. The van der Waals surface area contributed by atoms with Crippen LogP contribution >= 0.6 is 0 Å². The van der Waals surface area contributed by atoms with Crippen LogP contribution in [0.1, 0.15) is 22.8 Å². The Hall–Kier alpha value is -2.38. The summed E-state index contributed by atoms with van der Waals surface area (Å²) in [6.45, 7) is 4.48. The third-order valence-electron chi connectivity index (χ3n) is 3.47. The van der Waals surface area contributed by atoms with E-state index in [2.05, 4.69) is 10.0 Å². The number of benzene rings is 2. The van der Waals surface area contributed by atoms with Crippen LogP contribution in [-0.4, -0.2) is 34.0 Å². The molecule has 2 rings (SSSR count). The third-order valence-corrected chi connectivity index (χ3v) is 5.02. The molecular formula is C18H22N2O4S. The van der Waals surface area contributed by atoms with Crippen LogP contribution in [0.2, 0.25) is 0 Å².